The van der Waals surface area contributed by atoms with E-state index in [1.54, 1.807) is 34.6 Å². The molecule has 3 aromatic heterocycles. The van der Waals surface area contributed by atoms with Crippen LogP contribution in [-0.2, 0) is 12.8 Å². The highest BCUT2D eigenvalue weighted by atomic mass is 32.1. The molecule has 1 N–H and O–H groups in total. The highest BCUT2D eigenvalue weighted by molar-refractivity contribution is 7.14. The quantitative estimate of drug-likeness (QED) is 0.393. The highest BCUT2D eigenvalue weighted by Gasteiger charge is 2.18. The molecule has 1 aliphatic rings. The summed E-state index contributed by atoms with van der Waals surface area (Å²) in [4.78, 5) is 18.7. The van der Waals surface area contributed by atoms with Gasteiger partial charge in [-0.3, -0.25) is 9.78 Å². The monoisotopic (exact) mass is 413 g/mol. The fourth-order valence-electron chi connectivity index (χ4n) is 3.58. The molecule has 0 bridgehead atoms. The number of para-hydroxylation sites is 1. The van der Waals surface area contributed by atoms with Crippen molar-refractivity contribution in [2.24, 2.45) is 5.10 Å². The van der Waals surface area contributed by atoms with Crippen LogP contribution in [0.2, 0.25) is 0 Å². The van der Waals surface area contributed by atoms with Gasteiger partial charge in [0.1, 0.15) is 5.69 Å². The number of hydrogen-bond donors (Lipinski definition) is 1. The average Bonchev–Trinajstić information content (AvgIpc) is 3.50. The summed E-state index contributed by atoms with van der Waals surface area (Å²) >= 11 is 1.57. The molecule has 3 heterocycles. The Bertz CT molecular complexity index is 1190. The molecular weight excluding hydrogens is 394 g/mol. The van der Waals surface area contributed by atoms with Crippen molar-refractivity contribution in [2.75, 3.05) is 0 Å². The van der Waals surface area contributed by atoms with Crippen molar-refractivity contribution in [3.63, 3.8) is 0 Å². The second kappa shape index (κ2) is 8.04. The van der Waals surface area contributed by atoms with E-state index in [0.29, 0.717) is 4.88 Å². The third kappa shape index (κ3) is 3.67. The van der Waals surface area contributed by atoms with Gasteiger partial charge in [-0.25, -0.2) is 10.1 Å². The van der Waals surface area contributed by atoms with Gasteiger partial charge in [0, 0.05) is 34.6 Å². The minimum Gasteiger partial charge on any atom is -0.266 e. The summed E-state index contributed by atoms with van der Waals surface area (Å²) in [5.41, 5.74) is 7.33. The molecule has 0 saturated heterocycles. The number of hydrogen-bond acceptors (Lipinski definition) is 5. The molecular formula is C23H19N5OS. The summed E-state index contributed by atoms with van der Waals surface area (Å²) in [5, 5.41) is 8.92. The molecule has 0 spiro atoms. The number of hydrazone groups is 1. The Morgan fingerprint density at radius 3 is 2.87 bits per heavy atom. The maximum atomic E-state index is 12.5. The zero-order chi connectivity index (χ0) is 20.3. The molecule has 1 amide bonds. The molecule has 7 heteroatoms. The summed E-state index contributed by atoms with van der Waals surface area (Å²) in [5.74, 6) is -0.177. The van der Waals surface area contributed by atoms with Crippen molar-refractivity contribution in [1.29, 1.82) is 0 Å². The molecule has 0 saturated carbocycles. The lowest BCUT2D eigenvalue weighted by Crippen LogP contribution is -2.16. The van der Waals surface area contributed by atoms with Crippen LogP contribution < -0.4 is 5.43 Å². The fraction of sp³-hybridized carbons (Fsp3) is 0.130. The lowest BCUT2D eigenvalue weighted by Gasteiger charge is -1.99. The first-order chi connectivity index (χ1) is 14.8. The number of amides is 1. The Morgan fingerprint density at radius 2 is 2.07 bits per heavy atom. The number of rotatable bonds is 5. The second-order valence-corrected chi connectivity index (χ2v) is 8.20. The molecule has 30 heavy (non-hydrogen) atoms. The number of aromatic nitrogens is 3. The zero-order valence-corrected chi connectivity index (χ0v) is 17.0. The van der Waals surface area contributed by atoms with Crippen LogP contribution in [-0.4, -0.2) is 26.9 Å². The van der Waals surface area contributed by atoms with Crippen LogP contribution in [0.4, 0.5) is 0 Å². The lowest BCUT2D eigenvalue weighted by atomic mass is 10.1. The molecule has 6 nitrogen and oxygen atoms in total. The molecule has 148 valence electrons. The first kappa shape index (κ1) is 18.4. The number of nitrogens with one attached hydrogen (secondary N) is 1. The predicted molar refractivity (Wildman–Crippen MR) is 118 cm³/mol. The molecule has 0 radical (unpaired) electrons. The Labute approximate surface area is 177 Å². The minimum absolute atomic E-state index is 0.177. The van der Waals surface area contributed by atoms with E-state index < -0.39 is 0 Å². The smallest absolute Gasteiger partial charge is 0.266 e. The van der Waals surface area contributed by atoms with Crippen LogP contribution in [0.3, 0.4) is 0 Å². The standard InChI is InChI=1S/C23H19N5OS/c29-23(21-12-16-6-4-10-20(16)30-21)26-25-14-18-15-28(19-8-2-1-3-9-19)27-22(18)17-7-5-11-24-13-17/h1-3,5,7-9,11-15H,4,6,10H2,(H,26,29)/b25-14-. The van der Waals surface area contributed by atoms with Gasteiger partial charge < -0.3 is 0 Å². The summed E-state index contributed by atoms with van der Waals surface area (Å²) < 4.78 is 1.80. The van der Waals surface area contributed by atoms with Gasteiger partial charge in [-0.1, -0.05) is 18.2 Å². The van der Waals surface area contributed by atoms with E-state index in [9.17, 15) is 4.79 Å². The van der Waals surface area contributed by atoms with Gasteiger partial charge in [0.05, 0.1) is 16.8 Å². The number of pyridine rings is 1. The molecule has 4 aromatic rings. The van der Waals surface area contributed by atoms with Crippen molar-refractivity contribution in [1.82, 2.24) is 20.2 Å². The van der Waals surface area contributed by atoms with Gasteiger partial charge in [0.2, 0.25) is 0 Å². The largest absolute Gasteiger partial charge is 0.281 e. The molecule has 0 aliphatic heterocycles. The number of carbonyl (C=O) groups is 1. The van der Waals surface area contributed by atoms with Crippen molar-refractivity contribution in [3.8, 4) is 16.9 Å². The Balaban J connectivity index is 1.41. The number of aryl methyl sites for hydroxylation is 2. The maximum Gasteiger partial charge on any atom is 0.281 e. The van der Waals surface area contributed by atoms with E-state index in [0.717, 1.165) is 35.3 Å². The minimum atomic E-state index is -0.177. The van der Waals surface area contributed by atoms with Gasteiger partial charge in [0.25, 0.3) is 5.91 Å². The average molecular weight is 414 g/mol. The van der Waals surface area contributed by atoms with Gasteiger partial charge in [0.15, 0.2) is 0 Å². The van der Waals surface area contributed by atoms with Crippen LogP contribution in [0.1, 0.15) is 32.1 Å². The first-order valence-electron chi connectivity index (χ1n) is 9.78. The number of thiophene rings is 1. The zero-order valence-electron chi connectivity index (χ0n) is 16.2. The topological polar surface area (TPSA) is 72.2 Å². The first-order valence-corrected chi connectivity index (χ1v) is 10.6. The van der Waals surface area contributed by atoms with Gasteiger partial charge in [-0.15, -0.1) is 11.3 Å². The van der Waals surface area contributed by atoms with Crippen molar-refractivity contribution < 1.29 is 4.79 Å². The summed E-state index contributed by atoms with van der Waals surface area (Å²) in [6.45, 7) is 0. The predicted octanol–water partition coefficient (Wildman–Crippen LogP) is 4.25. The Kier molecular flexibility index (Phi) is 4.94. The van der Waals surface area contributed by atoms with E-state index in [-0.39, 0.29) is 5.91 Å². The summed E-state index contributed by atoms with van der Waals surface area (Å²) in [6, 6.07) is 15.7. The van der Waals surface area contributed by atoms with Crippen LogP contribution >= 0.6 is 11.3 Å². The van der Waals surface area contributed by atoms with E-state index in [1.807, 2.05) is 54.7 Å². The van der Waals surface area contributed by atoms with Crippen molar-refractivity contribution in [2.45, 2.75) is 19.3 Å². The number of carbonyl (C=O) groups excluding carboxylic acids is 1. The molecule has 1 aliphatic carbocycles. The summed E-state index contributed by atoms with van der Waals surface area (Å²) in [7, 11) is 0. The second-order valence-electron chi connectivity index (χ2n) is 7.07. The van der Waals surface area contributed by atoms with Gasteiger partial charge >= 0.3 is 0 Å². The van der Waals surface area contributed by atoms with E-state index in [1.165, 1.54) is 16.9 Å². The molecule has 1 aromatic carbocycles. The molecule has 5 rings (SSSR count). The maximum absolute atomic E-state index is 12.5. The SMILES string of the molecule is O=C(N/N=C\c1cn(-c2ccccc2)nc1-c1cccnc1)c1cc2c(s1)CCC2. The summed E-state index contributed by atoms with van der Waals surface area (Å²) in [6.07, 6.45) is 10.3. The third-order valence-electron chi connectivity index (χ3n) is 5.04. The van der Waals surface area contributed by atoms with Crippen molar-refractivity contribution >= 4 is 23.5 Å². The highest BCUT2D eigenvalue weighted by Crippen LogP contribution is 2.30. The van der Waals surface area contributed by atoms with Gasteiger partial charge in [-0.2, -0.15) is 10.2 Å². The van der Waals surface area contributed by atoms with Crippen LogP contribution in [0.15, 0.2) is 72.2 Å². The number of fused-ring (bicyclic) bond motifs is 1. The van der Waals surface area contributed by atoms with E-state index in [4.69, 9.17) is 5.10 Å². The normalized spacial score (nSPS) is 12.9. The van der Waals surface area contributed by atoms with Gasteiger partial charge in [-0.05, 0) is 55.2 Å². The van der Waals surface area contributed by atoms with Crippen LogP contribution in [0, 0.1) is 0 Å². The van der Waals surface area contributed by atoms with E-state index in [2.05, 4.69) is 15.5 Å². The Hall–Kier alpha value is -3.58. The number of nitrogens with zero attached hydrogens (tertiary/aromatic N) is 4. The fourth-order valence-corrected chi connectivity index (χ4v) is 4.72. The van der Waals surface area contributed by atoms with Crippen LogP contribution in [0.25, 0.3) is 16.9 Å². The van der Waals surface area contributed by atoms with E-state index >= 15 is 0 Å². The van der Waals surface area contributed by atoms with Crippen molar-refractivity contribution in [3.05, 3.63) is 88.0 Å². The number of benzene rings is 1. The molecule has 0 fully saturated rings. The van der Waals surface area contributed by atoms with Crippen LogP contribution in [0.5, 0.6) is 0 Å². The molecule has 0 atom stereocenters. The third-order valence-corrected chi connectivity index (χ3v) is 6.27. The lowest BCUT2D eigenvalue weighted by molar-refractivity contribution is 0.0959. The Morgan fingerprint density at radius 1 is 1.17 bits per heavy atom. The molecule has 0 unspecified atom stereocenters.